The molecule has 0 spiro atoms. The Kier molecular flexibility index (Phi) is 8.84. The second-order valence-corrected chi connectivity index (χ2v) is 12.3. The van der Waals surface area contributed by atoms with Gasteiger partial charge in [0.2, 0.25) is 5.91 Å². The van der Waals surface area contributed by atoms with E-state index in [1.807, 2.05) is 77.7 Å². The number of carbonyl (C=O) groups excluding carboxylic acids is 2. The molecule has 1 aromatic heterocycles. The van der Waals surface area contributed by atoms with E-state index >= 15 is 0 Å². The minimum atomic E-state index is -0.669. The Morgan fingerprint density at radius 1 is 0.870 bits per heavy atom. The first kappa shape index (κ1) is 31.0. The molecule has 5 aromatic rings. The maximum absolute atomic E-state index is 14.4. The number of rotatable bonds is 11. The molecule has 1 aliphatic rings. The molecule has 236 valence electrons. The van der Waals surface area contributed by atoms with Crippen molar-refractivity contribution in [2.75, 3.05) is 20.8 Å². The van der Waals surface area contributed by atoms with Crippen LogP contribution in [-0.4, -0.2) is 48.1 Å². The summed E-state index contributed by atoms with van der Waals surface area (Å²) in [6.07, 6.45) is 1.14. The average molecular weight is 616 g/mol. The second kappa shape index (κ2) is 13.1. The van der Waals surface area contributed by atoms with Crippen LogP contribution >= 0.6 is 0 Å². The Bertz CT molecular complexity index is 1880. The summed E-state index contributed by atoms with van der Waals surface area (Å²) in [5.41, 5.74) is 6.80. The molecule has 2 heterocycles. The topological polar surface area (TPSA) is 72.8 Å². The zero-order chi connectivity index (χ0) is 32.4. The van der Waals surface area contributed by atoms with Crippen molar-refractivity contribution in [1.82, 2.24) is 14.8 Å². The van der Waals surface area contributed by atoms with Gasteiger partial charge in [-0.05, 0) is 59.7 Å². The van der Waals surface area contributed by atoms with Gasteiger partial charge < -0.3 is 24.3 Å². The number of nitrogens with one attached hydrogen (secondary N) is 1. The minimum absolute atomic E-state index is 0.117. The van der Waals surface area contributed by atoms with Crippen LogP contribution in [0.1, 0.15) is 53.4 Å². The molecule has 2 unspecified atom stereocenters. The summed E-state index contributed by atoms with van der Waals surface area (Å²) in [4.78, 5) is 30.5. The fraction of sp³-hybridized carbons (Fsp3) is 0.282. The lowest BCUT2D eigenvalue weighted by Crippen LogP contribution is -2.49. The van der Waals surface area contributed by atoms with Crippen LogP contribution < -0.4 is 14.8 Å². The van der Waals surface area contributed by atoms with E-state index in [9.17, 15) is 9.59 Å². The molecule has 0 bridgehead atoms. The van der Waals surface area contributed by atoms with Gasteiger partial charge in [0.05, 0.1) is 26.0 Å². The summed E-state index contributed by atoms with van der Waals surface area (Å²) >= 11 is 0. The summed E-state index contributed by atoms with van der Waals surface area (Å²) in [5.74, 6) is 1.22. The third kappa shape index (κ3) is 5.62. The lowest BCUT2D eigenvalue weighted by Gasteiger charge is -2.34. The molecule has 7 nitrogen and oxygen atoms in total. The van der Waals surface area contributed by atoms with E-state index in [-0.39, 0.29) is 17.7 Å². The number of amides is 2. The molecule has 6 rings (SSSR count). The number of hydrogen-bond donors (Lipinski definition) is 1. The van der Waals surface area contributed by atoms with Crippen LogP contribution in [0.15, 0.2) is 97.1 Å². The van der Waals surface area contributed by atoms with E-state index in [4.69, 9.17) is 9.47 Å². The maximum Gasteiger partial charge on any atom is 0.255 e. The summed E-state index contributed by atoms with van der Waals surface area (Å²) in [6, 6.07) is 31.1. The minimum Gasteiger partial charge on any atom is -0.493 e. The van der Waals surface area contributed by atoms with Gasteiger partial charge in [0.15, 0.2) is 11.5 Å². The number of nitrogens with zero attached hydrogens (tertiary/aromatic N) is 2. The third-order valence-corrected chi connectivity index (χ3v) is 8.96. The van der Waals surface area contributed by atoms with Gasteiger partial charge in [-0.1, -0.05) is 86.6 Å². The molecule has 0 aliphatic carbocycles. The number of hydrogen-bond acceptors (Lipinski definition) is 4. The summed E-state index contributed by atoms with van der Waals surface area (Å²) in [5, 5.41) is 4.25. The van der Waals surface area contributed by atoms with Gasteiger partial charge in [0, 0.05) is 35.6 Å². The van der Waals surface area contributed by atoms with Crippen molar-refractivity contribution in [2.24, 2.45) is 13.0 Å². The Labute approximate surface area is 270 Å². The van der Waals surface area contributed by atoms with Crippen LogP contribution in [0.5, 0.6) is 11.5 Å². The molecular formula is C39H41N3O4. The van der Waals surface area contributed by atoms with E-state index in [2.05, 4.69) is 55.0 Å². The Morgan fingerprint density at radius 2 is 1.57 bits per heavy atom. The second-order valence-electron chi connectivity index (χ2n) is 12.3. The van der Waals surface area contributed by atoms with Crippen molar-refractivity contribution in [2.45, 2.75) is 38.8 Å². The van der Waals surface area contributed by atoms with Gasteiger partial charge in [-0.3, -0.25) is 9.59 Å². The molecule has 0 fully saturated rings. The molecule has 0 saturated heterocycles. The maximum atomic E-state index is 14.4. The number of benzene rings is 4. The average Bonchev–Trinajstić information content (AvgIpc) is 3.53. The van der Waals surface area contributed by atoms with Crippen molar-refractivity contribution in [3.63, 3.8) is 0 Å². The normalized spacial score (nSPS) is 14.9. The van der Waals surface area contributed by atoms with Crippen molar-refractivity contribution in [3.8, 4) is 22.8 Å². The Hall–Kier alpha value is -5.04. The van der Waals surface area contributed by atoms with E-state index in [0.717, 1.165) is 38.9 Å². The van der Waals surface area contributed by atoms with E-state index in [1.165, 1.54) is 0 Å². The number of aryl methyl sites for hydroxylation is 1. The van der Waals surface area contributed by atoms with Crippen LogP contribution in [0.3, 0.4) is 0 Å². The zero-order valence-electron chi connectivity index (χ0n) is 27.1. The highest BCUT2D eigenvalue weighted by Gasteiger charge is 2.46. The molecule has 4 aromatic carbocycles. The van der Waals surface area contributed by atoms with Gasteiger partial charge in [0.1, 0.15) is 6.04 Å². The van der Waals surface area contributed by atoms with Gasteiger partial charge in [-0.2, -0.15) is 0 Å². The SMILES string of the molecule is COc1ccc(CCNC(=O)C(CC(C)C)N2C(=O)c3ccccc3C2c2c(-c3ccccc3)n(C)c3ccccc23)cc1OC. The predicted octanol–water partition coefficient (Wildman–Crippen LogP) is 7.18. The van der Waals surface area contributed by atoms with Crippen LogP contribution in [0.25, 0.3) is 22.2 Å². The van der Waals surface area contributed by atoms with E-state index < -0.39 is 12.1 Å². The van der Waals surface area contributed by atoms with Crippen molar-refractivity contribution in [3.05, 3.63) is 119 Å². The number of aromatic nitrogens is 1. The Morgan fingerprint density at radius 3 is 2.30 bits per heavy atom. The number of fused-ring (bicyclic) bond motifs is 2. The lowest BCUT2D eigenvalue weighted by molar-refractivity contribution is -0.126. The van der Waals surface area contributed by atoms with Crippen LogP contribution in [0.4, 0.5) is 0 Å². The first-order valence-electron chi connectivity index (χ1n) is 15.9. The lowest BCUT2D eigenvalue weighted by atomic mass is 9.91. The van der Waals surface area contributed by atoms with Crippen LogP contribution in [0, 0.1) is 5.92 Å². The number of para-hydroxylation sites is 1. The van der Waals surface area contributed by atoms with Gasteiger partial charge in [0.25, 0.3) is 5.91 Å². The van der Waals surface area contributed by atoms with Gasteiger partial charge in [-0.15, -0.1) is 0 Å². The summed E-state index contributed by atoms with van der Waals surface area (Å²) in [7, 11) is 5.30. The summed E-state index contributed by atoms with van der Waals surface area (Å²) in [6.45, 7) is 4.62. The Balaban J connectivity index is 1.41. The highest BCUT2D eigenvalue weighted by atomic mass is 16.5. The number of ether oxygens (including phenoxy) is 2. The highest BCUT2D eigenvalue weighted by Crippen LogP contribution is 2.47. The first-order chi connectivity index (χ1) is 22.3. The molecular weight excluding hydrogens is 574 g/mol. The predicted molar refractivity (Wildman–Crippen MR) is 182 cm³/mol. The molecule has 0 saturated carbocycles. The van der Waals surface area contributed by atoms with Crippen molar-refractivity contribution < 1.29 is 19.1 Å². The summed E-state index contributed by atoms with van der Waals surface area (Å²) < 4.78 is 13.1. The molecule has 2 amide bonds. The van der Waals surface area contributed by atoms with Crippen molar-refractivity contribution in [1.29, 1.82) is 0 Å². The van der Waals surface area contributed by atoms with E-state index in [1.54, 1.807) is 14.2 Å². The third-order valence-electron chi connectivity index (χ3n) is 8.96. The molecule has 46 heavy (non-hydrogen) atoms. The standard InChI is InChI=1S/C39H41N3O4/c1-25(2)23-32(38(43)40-22-21-26-19-20-33(45-4)34(24-26)46-5)42-37(28-15-9-10-16-29(28)39(42)44)35-30-17-11-12-18-31(30)41(3)36(35)27-13-7-6-8-14-27/h6-20,24-25,32,37H,21-23H2,1-5H3,(H,40,43). The molecule has 1 aliphatic heterocycles. The fourth-order valence-electron chi connectivity index (χ4n) is 6.87. The molecule has 1 N–H and O–H groups in total. The smallest absolute Gasteiger partial charge is 0.255 e. The molecule has 0 radical (unpaired) electrons. The van der Waals surface area contributed by atoms with Crippen LogP contribution in [-0.2, 0) is 18.3 Å². The van der Waals surface area contributed by atoms with Crippen molar-refractivity contribution >= 4 is 22.7 Å². The number of methoxy groups -OCH3 is 2. The van der Waals surface area contributed by atoms with Gasteiger partial charge >= 0.3 is 0 Å². The quantitative estimate of drug-likeness (QED) is 0.171. The molecule has 7 heteroatoms. The van der Waals surface area contributed by atoms with E-state index in [0.29, 0.717) is 36.4 Å². The largest absolute Gasteiger partial charge is 0.493 e. The molecule has 2 atom stereocenters. The number of carbonyl (C=O) groups is 2. The monoisotopic (exact) mass is 615 g/mol. The fourth-order valence-corrected chi connectivity index (χ4v) is 6.87. The highest BCUT2D eigenvalue weighted by molar-refractivity contribution is 6.04. The van der Waals surface area contributed by atoms with Gasteiger partial charge in [-0.25, -0.2) is 0 Å². The zero-order valence-corrected chi connectivity index (χ0v) is 27.1. The van der Waals surface area contributed by atoms with Crippen LogP contribution in [0.2, 0.25) is 0 Å². The first-order valence-corrected chi connectivity index (χ1v) is 15.9.